The SMILES string of the molecule is CCC(=O)CCCCCC(=O)OCc1ccccc1. The van der Waals surface area contributed by atoms with Crippen LogP contribution in [0.2, 0.25) is 0 Å². The van der Waals surface area contributed by atoms with Gasteiger partial charge in [-0.2, -0.15) is 0 Å². The molecule has 3 nitrogen and oxygen atoms in total. The van der Waals surface area contributed by atoms with Crippen LogP contribution in [-0.4, -0.2) is 11.8 Å². The number of carbonyl (C=O) groups excluding carboxylic acids is 2. The lowest BCUT2D eigenvalue weighted by atomic mass is 10.1. The van der Waals surface area contributed by atoms with Gasteiger partial charge in [0.05, 0.1) is 0 Å². The van der Waals surface area contributed by atoms with E-state index in [0.717, 1.165) is 24.8 Å². The van der Waals surface area contributed by atoms with E-state index in [4.69, 9.17) is 4.74 Å². The van der Waals surface area contributed by atoms with E-state index in [1.165, 1.54) is 0 Å². The lowest BCUT2D eigenvalue weighted by Gasteiger charge is -2.04. The summed E-state index contributed by atoms with van der Waals surface area (Å²) in [6, 6.07) is 9.65. The molecule has 0 aliphatic heterocycles. The van der Waals surface area contributed by atoms with E-state index < -0.39 is 0 Å². The molecule has 0 saturated heterocycles. The van der Waals surface area contributed by atoms with Crippen LogP contribution in [0.3, 0.4) is 0 Å². The average Bonchev–Trinajstić information content (AvgIpc) is 2.45. The number of hydrogen-bond donors (Lipinski definition) is 0. The molecule has 0 unspecified atom stereocenters. The second-order valence-electron chi connectivity index (χ2n) is 4.60. The molecule has 0 aromatic heterocycles. The highest BCUT2D eigenvalue weighted by atomic mass is 16.5. The first-order valence-corrected chi connectivity index (χ1v) is 6.93. The molecule has 0 aliphatic carbocycles. The van der Waals surface area contributed by atoms with Crippen LogP contribution in [0.4, 0.5) is 0 Å². The van der Waals surface area contributed by atoms with E-state index in [-0.39, 0.29) is 5.97 Å². The zero-order valence-electron chi connectivity index (χ0n) is 11.6. The molecule has 0 saturated carbocycles. The fraction of sp³-hybridized carbons (Fsp3) is 0.500. The number of carbonyl (C=O) groups is 2. The molecule has 0 aliphatic rings. The molecule has 0 atom stereocenters. The first kappa shape index (κ1) is 15.4. The minimum absolute atomic E-state index is 0.161. The Morgan fingerprint density at radius 1 is 1.00 bits per heavy atom. The van der Waals surface area contributed by atoms with Gasteiger partial charge in [0.1, 0.15) is 12.4 Å². The summed E-state index contributed by atoms with van der Waals surface area (Å²) in [4.78, 5) is 22.6. The number of unbranched alkanes of at least 4 members (excludes halogenated alkanes) is 2. The van der Waals surface area contributed by atoms with Crippen molar-refractivity contribution in [2.75, 3.05) is 0 Å². The predicted octanol–water partition coefficient (Wildman–Crippen LogP) is 3.66. The molecule has 0 heterocycles. The standard InChI is InChI=1S/C16H22O3/c1-2-15(17)11-7-4-8-12-16(18)19-13-14-9-5-3-6-10-14/h3,5-6,9-10H,2,4,7-8,11-13H2,1H3. The fourth-order valence-electron chi connectivity index (χ4n) is 1.76. The topological polar surface area (TPSA) is 43.4 Å². The van der Waals surface area contributed by atoms with Crippen molar-refractivity contribution in [1.29, 1.82) is 0 Å². The first-order chi connectivity index (χ1) is 9.22. The van der Waals surface area contributed by atoms with E-state index in [1.807, 2.05) is 37.3 Å². The number of rotatable bonds is 9. The molecule has 0 bridgehead atoms. The van der Waals surface area contributed by atoms with Crippen molar-refractivity contribution in [2.45, 2.75) is 52.1 Å². The predicted molar refractivity (Wildman–Crippen MR) is 74.6 cm³/mol. The molecule has 1 rings (SSSR count). The summed E-state index contributed by atoms with van der Waals surface area (Å²) in [7, 11) is 0. The van der Waals surface area contributed by atoms with Crippen LogP contribution >= 0.6 is 0 Å². The molecule has 1 aromatic carbocycles. The van der Waals surface area contributed by atoms with E-state index in [1.54, 1.807) is 0 Å². The summed E-state index contributed by atoms with van der Waals surface area (Å²) >= 11 is 0. The van der Waals surface area contributed by atoms with Crippen LogP contribution in [0.15, 0.2) is 30.3 Å². The summed E-state index contributed by atoms with van der Waals surface area (Å²) in [5.41, 5.74) is 1.00. The van der Waals surface area contributed by atoms with Crippen LogP contribution in [0.1, 0.15) is 51.0 Å². The highest BCUT2D eigenvalue weighted by Gasteiger charge is 2.04. The largest absolute Gasteiger partial charge is 0.461 e. The fourth-order valence-corrected chi connectivity index (χ4v) is 1.76. The first-order valence-electron chi connectivity index (χ1n) is 6.93. The molecule has 0 radical (unpaired) electrons. The molecule has 0 spiro atoms. The molecule has 19 heavy (non-hydrogen) atoms. The van der Waals surface area contributed by atoms with Gasteiger partial charge in [-0.05, 0) is 18.4 Å². The Morgan fingerprint density at radius 3 is 2.37 bits per heavy atom. The summed E-state index contributed by atoms with van der Waals surface area (Å²) in [6.07, 6.45) is 4.26. The number of Topliss-reactive ketones (excluding diaryl/α,β-unsaturated/α-hetero) is 1. The van der Waals surface area contributed by atoms with Gasteiger partial charge in [0.25, 0.3) is 0 Å². The van der Waals surface area contributed by atoms with Crippen LogP contribution in [0.5, 0.6) is 0 Å². The normalized spacial score (nSPS) is 10.2. The quantitative estimate of drug-likeness (QED) is 0.504. The minimum atomic E-state index is -0.161. The van der Waals surface area contributed by atoms with Crippen molar-refractivity contribution in [3.63, 3.8) is 0 Å². The highest BCUT2D eigenvalue weighted by molar-refractivity contribution is 5.77. The monoisotopic (exact) mass is 262 g/mol. The molecule has 1 aromatic rings. The Labute approximate surface area is 115 Å². The Morgan fingerprint density at radius 2 is 1.68 bits per heavy atom. The van der Waals surface area contributed by atoms with E-state index in [9.17, 15) is 9.59 Å². The van der Waals surface area contributed by atoms with Gasteiger partial charge in [0.15, 0.2) is 0 Å². The maximum absolute atomic E-state index is 11.5. The third-order valence-electron chi connectivity index (χ3n) is 2.97. The highest BCUT2D eigenvalue weighted by Crippen LogP contribution is 2.07. The number of ether oxygens (including phenoxy) is 1. The summed E-state index contributed by atoms with van der Waals surface area (Å²) < 4.78 is 5.17. The molecule has 104 valence electrons. The minimum Gasteiger partial charge on any atom is -0.461 e. The van der Waals surface area contributed by atoms with Gasteiger partial charge >= 0.3 is 5.97 Å². The van der Waals surface area contributed by atoms with Crippen molar-refractivity contribution in [2.24, 2.45) is 0 Å². The lowest BCUT2D eigenvalue weighted by Crippen LogP contribution is -2.04. The van der Waals surface area contributed by atoms with Crippen LogP contribution < -0.4 is 0 Å². The number of esters is 1. The zero-order chi connectivity index (χ0) is 13.9. The van der Waals surface area contributed by atoms with Gasteiger partial charge in [0.2, 0.25) is 0 Å². The molecule has 0 N–H and O–H groups in total. The van der Waals surface area contributed by atoms with Crippen molar-refractivity contribution >= 4 is 11.8 Å². The van der Waals surface area contributed by atoms with Gasteiger partial charge in [-0.1, -0.05) is 43.7 Å². The van der Waals surface area contributed by atoms with E-state index >= 15 is 0 Å². The molecule has 3 heteroatoms. The van der Waals surface area contributed by atoms with Gasteiger partial charge in [-0.15, -0.1) is 0 Å². The van der Waals surface area contributed by atoms with Crippen molar-refractivity contribution in [1.82, 2.24) is 0 Å². The number of hydrogen-bond acceptors (Lipinski definition) is 3. The van der Waals surface area contributed by atoms with Gasteiger partial charge in [-0.25, -0.2) is 0 Å². The van der Waals surface area contributed by atoms with Gasteiger partial charge < -0.3 is 4.74 Å². The van der Waals surface area contributed by atoms with Gasteiger partial charge in [-0.3, -0.25) is 9.59 Å². The van der Waals surface area contributed by atoms with Gasteiger partial charge in [0, 0.05) is 19.3 Å². The Kier molecular flexibility index (Phi) is 7.56. The molecule has 0 amide bonds. The smallest absolute Gasteiger partial charge is 0.306 e. The third kappa shape index (κ3) is 7.39. The molecule has 0 fully saturated rings. The summed E-state index contributed by atoms with van der Waals surface area (Å²) in [5, 5.41) is 0. The average molecular weight is 262 g/mol. The number of ketones is 1. The second-order valence-corrected chi connectivity index (χ2v) is 4.60. The Bertz CT molecular complexity index is 384. The Hall–Kier alpha value is -1.64. The van der Waals surface area contributed by atoms with E-state index in [2.05, 4.69) is 0 Å². The summed E-state index contributed by atoms with van der Waals surface area (Å²) in [6.45, 7) is 2.22. The van der Waals surface area contributed by atoms with Crippen molar-refractivity contribution in [3.8, 4) is 0 Å². The third-order valence-corrected chi connectivity index (χ3v) is 2.97. The second kappa shape index (κ2) is 9.31. The van der Waals surface area contributed by atoms with Crippen LogP contribution in [0, 0.1) is 0 Å². The Balaban J connectivity index is 2.04. The maximum atomic E-state index is 11.5. The molecular formula is C16H22O3. The summed E-state index contributed by atoms with van der Waals surface area (Å²) in [5.74, 6) is 0.136. The number of benzene rings is 1. The van der Waals surface area contributed by atoms with Crippen LogP contribution in [-0.2, 0) is 20.9 Å². The van der Waals surface area contributed by atoms with Crippen molar-refractivity contribution < 1.29 is 14.3 Å². The molecular weight excluding hydrogens is 240 g/mol. The lowest BCUT2D eigenvalue weighted by molar-refractivity contribution is -0.145. The zero-order valence-corrected chi connectivity index (χ0v) is 11.6. The van der Waals surface area contributed by atoms with E-state index in [0.29, 0.717) is 31.7 Å². The maximum Gasteiger partial charge on any atom is 0.306 e. The van der Waals surface area contributed by atoms with Crippen LogP contribution in [0.25, 0.3) is 0 Å². The van der Waals surface area contributed by atoms with Crippen molar-refractivity contribution in [3.05, 3.63) is 35.9 Å².